The van der Waals surface area contributed by atoms with Crippen LogP contribution in [0.15, 0.2) is 54.9 Å². The summed E-state index contributed by atoms with van der Waals surface area (Å²) >= 11 is 0. The van der Waals surface area contributed by atoms with E-state index in [0.717, 1.165) is 72.9 Å². The minimum Gasteiger partial charge on any atom is -0.479 e. The van der Waals surface area contributed by atoms with Gasteiger partial charge < -0.3 is 19.6 Å². The maximum atomic E-state index is 12.9. The molecule has 5 aromatic rings. The van der Waals surface area contributed by atoms with E-state index in [1.165, 1.54) is 11.1 Å². The molecule has 2 aliphatic rings. The molecule has 1 atom stereocenters. The van der Waals surface area contributed by atoms with Crippen molar-refractivity contribution in [2.45, 2.75) is 86.0 Å². The van der Waals surface area contributed by atoms with E-state index in [9.17, 15) is 9.90 Å². The average Bonchev–Trinajstić information content (AvgIpc) is 3.51. The molecule has 7 rings (SSSR count). The molecular weight excluding hydrogens is 628 g/mol. The van der Waals surface area contributed by atoms with Gasteiger partial charge in [0.25, 0.3) is 0 Å². The van der Waals surface area contributed by atoms with Crippen LogP contribution in [0.3, 0.4) is 0 Å². The van der Waals surface area contributed by atoms with Gasteiger partial charge >= 0.3 is 5.97 Å². The fourth-order valence-electron chi connectivity index (χ4n) is 7.36. The van der Waals surface area contributed by atoms with Crippen LogP contribution < -0.4 is 9.80 Å². The normalized spacial score (nSPS) is 16.8. The Morgan fingerprint density at radius 2 is 1.68 bits per heavy atom. The van der Waals surface area contributed by atoms with E-state index in [2.05, 4.69) is 62.1 Å². The second-order valence-electron chi connectivity index (χ2n) is 15.4. The Morgan fingerprint density at radius 3 is 2.38 bits per heavy atom. The number of fused-ring (bicyclic) bond motifs is 2. The molecule has 11 nitrogen and oxygen atoms in total. The highest BCUT2D eigenvalue weighted by Gasteiger charge is 2.37. The van der Waals surface area contributed by atoms with Crippen molar-refractivity contribution >= 4 is 28.6 Å². The molecule has 50 heavy (non-hydrogen) atoms. The SMILES string of the molecule is Cc1nc(C)c(C(OC(C)(C)C)C(=O)O)c(N2CCC(C)(C)CC2)c1-c1ccc2c(c1)CCN(c1ncnc3c1nnn3-c1ccccc1)C2. The third-order valence-corrected chi connectivity index (χ3v) is 10.00. The number of benzene rings is 2. The number of carbonyl (C=O) groups is 1. The summed E-state index contributed by atoms with van der Waals surface area (Å²) in [6, 6.07) is 16.5. The fraction of sp³-hybridized carbons (Fsp3) is 0.436. The largest absolute Gasteiger partial charge is 0.479 e. The van der Waals surface area contributed by atoms with Gasteiger partial charge in [-0.15, -0.1) is 5.10 Å². The Hall–Kier alpha value is -4.90. The number of hydrogen-bond donors (Lipinski definition) is 1. The summed E-state index contributed by atoms with van der Waals surface area (Å²) in [4.78, 5) is 31.7. The number of hydrogen-bond acceptors (Lipinski definition) is 9. The van der Waals surface area contributed by atoms with Crippen molar-refractivity contribution in [2.24, 2.45) is 5.41 Å². The molecule has 0 amide bonds. The molecule has 0 saturated carbocycles. The van der Waals surface area contributed by atoms with E-state index >= 15 is 0 Å². The molecule has 2 aliphatic heterocycles. The monoisotopic (exact) mass is 674 g/mol. The third kappa shape index (κ3) is 6.42. The van der Waals surface area contributed by atoms with Gasteiger partial charge in [-0.3, -0.25) is 4.98 Å². The van der Waals surface area contributed by atoms with Crippen LogP contribution in [0, 0.1) is 19.3 Å². The highest BCUT2D eigenvalue weighted by molar-refractivity contribution is 5.88. The summed E-state index contributed by atoms with van der Waals surface area (Å²) in [5, 5.41) is 19.5. The summed E-state index contributed by atoms with van der Waals surface area (Å²) in [5.74, 6) is -0.240. The van der Waals surface area contributed by atoms with Crippen molar-refractivity contribution in [1.82, 2.24) is 29.9 Å². The Labute approximate surface area is 293 Å². The molecule has 1 fully saturated rings. The smallest absolute Gasteiger partial charge is 0.337 e. The highest BCUT2D eigenvalue weighted by atomic mass is 16.5. The zero-order valence-electron chi connectivity index (χ0n) is 30.1. The Bertz CT molecular complexity index is 2060. The number of rotatable bonds is 7. The van der Waals surface area contributed by atoms with Gasteiger partial charge in [0.2, 0.25) is 0 Å². The standard InChI is InChI=1S/C39H46N8O3/c1-24-30(33(45-19-16-39(6,7)17-20-45)31(25(2)42-24)34(37(48)49)50-38(3,4)5)27-13-14-28-22-46(18-15-26(28)21-27)35-32-36(41-23-40-35)47(44-43-32)29-11-9-8-10-12-29/h8-14,21,23,34H,15-20,22H2,1-7H3,(H,48,49). The number of pyridine rings is 1. The number of anilines is 2. The summed E-state index contributed by atoms with van der Waals surface area (Å²) in [6.45, 7) is 17.4. The topological polar surface area (TPSA) is 122 Å². The first-order chi connectivity index (χ1) is 23.8. The lowest BCUT2D eigenvalue weighted by molar-refractivity contribution is -0.160. The lowest BCUT2D eigenvalue weighted by Gasteiger charge is -2.41. The number of piperidine rings is 1. The van der Waals surface area contributed by atoms with E-state index in [0.29, 0.717) is 29.0 Å². The molecule has 0 spiro atoms. The zero-order chi connectivity index (χ0) is 35.4. The van der Waals surface area contributed by atoms with Crippen LogP contribution in [0.4, 0.5) is 11.5 Å². The van der Waals surface area contributed by atoms with Gasteiger partial charge in [0, 0.05) is 48.7 Å². The number of carboxylic acid groups (broad SMARTS) is 1. The average molecular weight is 675 g/mol. The van der Waals surface area contributed by atoms with E-state index in [-0.39, 0.29) is 5.41 Å². The van der Waals surface area contributed by atoms with Crippen molar-refractivity contribution < 1.29 is 14.6 Å². The molecule has 3 aromatic heterocycles. The molecule has 1 N–H and O–H groups in total. The van der Waals surface area contributed by atoms with Crippen LogP contribution in [-0.4, -0.2) is 66.3 Å². The number of carboxylic acids is 1. The van der Waals surface area contributed by atoms with Gasteiger partial charge in [-0.2, -0.15) is 4.68 Å². The molecule has 0 bridgehead atoms. The molecular formula is C39H46N8O3. The summed E-state index contributed by atoms with van der Waals surface area (Å²) in [7, 11) is 0. The summed E-state index contributed by atoms with van der Waals surface area (Å²) in [6.07, 6.45) is 3.27. The van der Waals surface area contributed by atoms with Crippen molar-refractivity contribution in [3.05, 3.63) is 82.9 Å². The van der Waals surface area contributed by atoms with Crippen molar-refractivity contribution in [2.75, 3.05) is 29.4 Å². The number of aryl methyl sites for hydroxylation is 2. The van der Waals surface area contributed by atoms with Crippen LogP contribution >= 0.6 is 0 Å². The highest BCUT2D eigenvalue weighted by Crippen LogP contribution is 2.45. The number of para-hydroxylation sites is 1. The van der Waals surface area contributed by atoms with Crippen molar-refractivity contribution in [3.63, 3.8) is 0 Å². The van der Waals surface area contributed by atoms with Crippen LogP contribution in [-0.2, 0) is 22.5 Å². The van der Waals surface area contributed by atoms with Crippen LogP contribution in [0.2, 0.25) is 0 Å². The van der Waals surface area contributed by atoms with Crippen molar-refractivity contribution in [3.8, 4) is 16.8 Å². The van der Waals surface area contributed by atoms with E-state index in [4.69, 9.17) is 9.72 Å². The number of aliphatic carboxylic acids is 1. The quantitative estimate of drug-likeness (QED) is 0.193. The third-order valence-electron chi connectivity index (χ3n) is 10.00. The molecule has 0 aliphatic carbocycles. The lowest BCUT2D eigenvalue weighted by atomic mass is 9.81. The van der Waals surface area contributed by atoms with Crippen LogP contribution in [0.1, 0.15) is 81.6 Å². The zero-order valence-corrected chi connectivity index (χ0v) is 30.1. The molecule has 0 radical (unpaired) electrons. The maximum Gasteiger partial charge on any atom is 0.337 e. The first-order valence-corrected chi connectivity index (χ1v) is 17.5. The summed E-state index contributed by atoms with van der Waals surface area (Å²) in [5.41, 5.74) is 9.44. The summed E-state index contributed by atoms with van der Waals surface area (Å²) < 4.78 is 8.03. The molecule has 260 valence electrons. The van der Waals surface area contributed by atoms with E-state index in [1.807, 2.05) is 65.0 Å². The van der Waals surface area contributed by atoms with E-state index in [1.54, 1.807) is 11.0 Å². The predicted molar refractivity (Wildman–Crippen MR) is 195 cm³/mol. The van der Waals surface area contributed by atoms with Gasteiger partial charge in [0.1, 0.15) is 6.33 Å². The predicted octanol–water partition coefficient (Wildman–Crippen LogP) is 7.02. The van der Waals surface area contributed by atoms with Crippen LogP contribution in [0.5, 0.6) is 0 Å². The molecule has 5 heterocycles. The second-order valence-corrected chi connectivity index (χ2v) is 15.4. The minimum atomic E-state index is -1.15. The first kappa shape index (κ1) is 33.6. The first-order valence-electron chi connectivity index (χ1n) is 17.5. The van der Waals surface area contributed by atoms with Gasteiger partial charge in [0.15, 0.2) is 23.1 Å². The van der Waals surface area contributed by atoms with Crippen molar-refractivity contribution in [1.29, 1.82) is 0 Å². The fourth-order valence-corrected chi connectivity index (χ4v) is 7.36. The minimum absolute atomic E-state index is 0.227. The Morgan fingerprint density at radius 1 is 0.940 bits per heavy atom. The van der Waals surface area contributed by atoms with Gasteiger partial charge in [-0.1, -0.05) is 55.5 Å². The van der Waals surface area contributed by atoms with Gasteiger partial charge in [-0.05, 0) is 88.1 Å². The Kier molecular flexibility index (Phi) is 8.58. The number of aromatic nitrogens is 6. The second kappa shape index (κ2) is 12.8. The number of nitrogens with zero attached hydrogens (tertiary/aromatic N) is 8. The molecule has 1 unspecified atom stereocenters. The maximum absolute atomic E-state index is 12.9. The Balaban J connectivity index is 1.28. The lowest BCUT2D eigenvalue weighted by Crippen LogP contribution is -2.39. The van der Waals surface area contributed by atoms with Gasteiger partial charge in [-0.25, -0.2) is 14.8 Å². The molecule has 2 aromatic carbocycles. The number of ether oxygens (including phenoxy) is 1. The van der Waals surface area contributed by atoms with Crippen LogP contribution in [0.25, 0.3) is 28.0 Å². The molecule has 11 heteroatoms. The van der Waals surface area contributed by atoms with E-state index < -0.39 is 17.7 Å². The van der Waals surface area contributed by atoms with Gasteiger partial charge in [0.05, 0.1) is 17.0 Å². The molecule has 1 saturated heterocycles.